The summed E-state index contributed by atoms with van der Waals surface area (Å²) in [6, 6.07) is -0.643. The van der Waals surface area contributed by atoms with Crippen LogP contribution in [0.25, 0.3) is 0 Å². The van der Waals surface area contributed by atoms with Crippen LogP contribution in [0.5, 0.6) is 0 Å². The lowest BCUT2D eigenvalue weighted by atomic mass is 10.3. The van der Waals surface area contributed by atoms with Gasteiger partial charge in [-0.2, -0.15) is 0 Å². The van der Waals surface area contributed by atoms with Gasteiger partial charge in [0.15, 0.2) is 0 Å². The number of hydrogen-bond acceptors (Lipinski definition) is 5. The number of carbonyl (C=O) groups excluding carboxylic acids is 1. The van der Waals surface area contributed by atoms with Crippen molar-refractivity contribution in [1.29, 1.82) is 0 Å². The lowest BCUT2D eigenvalue weighted by Gasteiger charge is -2.29. The molecule has 2 heterocycles. The number of thioether (sulfide) groups is 1. The van der Waals surface area contributed by atoms with E-state index >= 15 is 0 Å². The molecule has 0 aromatic carbocycles. The topological polar surface area (TPSA) is 72.9 Å². The third-order valence-electron chi connectivity index (χ3n) is 3.06. The van der Waals surface area contributed by atoms with E-state index in [0.29, 0.717) is 18.2 Å². The average molecular weight is 259 g/mol. The molecule has 0 radical (unpaired) electrons. The number of hydrogen-bond donors (Lipinski definition) is 2. The van der Waals surface area contributed by atoms with Crippen LogP contribution in [0.15, 0.2) is 0 Å². The first-order valence-corrected chi connectivity index (χ1v) is 6.87. The van der Waals surface area contributed by atoms with Gasteiger partial charge in [-0.25, -0.2) is 4.79 Å². The molecule has 0 aromatic rings. The van der Waals surface area contributed by atoms with E-state index in [2.05, 4.69) is 10.2 Å². The first kappa shape index (κ1) is 12.7. The Morgan fingerprint density at radius 3 is 2.71 bits per heavy atom. The molecule has 2 aliphatic heterocycles. The normalized spacial score (nSPS) is 26.1. The molecule has 96 valence electrons. The summed E-state index contributed by atoms with van der Waals surface area (Å²) >= 11 is 1.50. The summed E-state index contributed by atoms with van der Waals surface area (Å²) in [6.45, 7) is 3.83. The molecule has 2 fully saturated rings. The lowest BCUT2D eigenvalue weighted by molar-refractivity contribution is -0.148. The zero-order valence-corrected chi connectivity index (χ0v) is 10.4. The summed E-state index contributed by atoms with van der Waals surface area (Å²) in [6.07, 6.45) is 0. The van der Waals surface area contributed by atoms with Crippen LogP contribution < -0.4 is 5.32 Å². The largest absolute Gasteiger partial charge is 0.480 e. The van der Waals surface area contributed by atoms with Gasteiger partial charge in [0.05, 0.1) is 12.4 Å². The Labute approximate surface area is 104 Å². The average Bonchev–Trinajstić information content (AvgIpc) is 2.79. The first-order valence-electron chi connectivity index (χ1n) is 5.71. The quantitative estimate of drug-likeness (QED) is 0.669. The Bertz CT molecular complexity index is 307. The van der Waals surface area contributed by atoms with Crippen LogP contribution >= 0.6 is 11.8 Å². The predicted octanol–water partition coefficient (Wildman–Crippen LogP) is -1.12. The number of carboxylic acids is 1. The number of piperazine rings is 1. The van der Waals surface area contributed by atoms with Crippen LogP contribution in [0.3, 0.4) is 0 Å². The Kier molecular flexibility index (Phi) is 4.25. The number of carbonyl (C=O) groups is 2. The van der Waals surface area contributed by atoms with Gasteiger partial charge >= 0.3 is 5.97 Å². The fourth-order valence-electron chi connectivity index (χ4n) is 2.04. The third kappa shape index (κ3) is 3.11. The van der Waals surface area contributed by atoms with Crippen molar-refractivity contribution >= 4 is 23.6 Å². The monoisotopic (exact) mass is 259 g/mol. The highest BCUT2D eigenvalue weighted by molar-refractivity contribution is 7.99. The highest BCUT2D eigenvalue weighted by Crippen LogP contribution is 2.21. The van der Waals surface area contributed by atoms with Crippen molar-refractivity contribution in [2.45, 2.75) is 6.04 Å². The van der Waals surface area contributed by atoms with Crippen molar-refractivity contribution in [3.63, 3.8) is 0 Å². The molecule has 7 heteroatoms. The Balaban J connectivity index is 1.88. The summed E-state index contributed by atoms with van der Waals surface area (Å²) in [5.41, 5.74) is 0. The molecule has 2 N–H and O–H groups in total. The van der Waals surface area contributed by atoms with E-state index in [1.165, 1.54) is 16.7 Å². The number of nitrogens with one attached hydrogen (secondary N) is 1. The molecule has 0 spiro atoms. The van der Waals surface area contributed by atoms with Crippen LogP contribution in [-0.4, -0.2) is 77.2 Å². The minimum atomic E-state index is -0.899. The minimum absolute atomic E-state index is 0.0655. The third-order valence-corrected chi connectivity index (χ3v) is 4.07. The molecule has 6 nitrogen and oxygen atoms in total. The van der Waals surface area contributed by atoms with E-state index in [1.54, 1.807) is 0 Å². The van der Waals surface area contributed by atoms with Crippen LogP contribution in [0.1, 0.15) is 0 Å². The fourth-order valence-corrected chi connectivity index (χ4v) is 3.22. The Morgan fingerprint density at radius 2 is 2.06 bits per heavy atom. The predicted molar refractivity (Wildman–Crippen MR) is 64.9 cm³/mol. The SMILES string of the molecule is O=C(O)[C@@H]1CSCN1C(=O)CN1CCNCC1. The summed E-state index contributed by atoms with van der Waals surface area (Å²) in [5.74, 6) is 0.0396. The second-order valence-electron chi connectivity index (χ2n) is 4.24. The van der Waals surface area contributed by atoms with Crippen molar-refractivity contribution in [1.82, 2.24) is 15.1 Å². The van der Waals surface area contributed by atoms with E-state index in [4.69, 9.17) is 5.11 Å². The van der Waals surface area contributed by atoms with Crippen molar-refractivity contribution in [2.75, 3.05) is 44.4 Å². The van der Waals surface area contributed by atoms with E-state index < -0.39 is 12.0 Å². The van der Waals surface area contributed by atoms with Crippen molar-refractivity contribution in [3.8, 4) is 0 Å². The molecule has 17 heavy (non-hydrogen) atoms. The van der Waals surface area contributed by atoms with Gasteiger partial charge in [0.2, 0.25) is 5.91 Å². The zero-order chi connectivity index (χ0) is 12.3. The minimum Gasteiger partial charge on any atom is -0.480 e. The summed E-state index contributed by atoms with van der Waals surface area (Å²) < 4.78 is 0. The summed E-state index contributed by atoms with van der Waals surface area (Å²) in [5, 5.41) is 12.2. The van der Waals surface area contributed by atoms with Crippen molar-refractivity contribution in [3.05, 3.63) is 0 Å². The van der Waals surface area contributed by atoms with E-state index in [-0.39, 0.29) is 5.91 Å². The summed E-state index contributed by atoms with van der Waals surface area (Å²) in [4.78, 5) is 26.5. The smallest absolute Gasteiger partial charge is 0.327 e. The molecule has 2 aliphatic rings. The van der Waals surface area contributed by atoms with Crippen LogP contribution in [0.2, 0.25) is 0 Å². The van der Waals surface area contributed by atoms with Gasteiger partial charge in [-0.3, -0.25) is 9.69 Å². The van der Waals surface area contributed by atoms with Gasteiger partial charge in [0.1, 0.15) is 6.04 Å². The Hall–Kier alpha value is -0.790. The molecule has 0 bridgehead atoms. The molecule has 0 aliphatic carbocycles. The molecule has 0 saturated carbocycles. The van der Waals surface area contributed by atoms with Gasteiger partial charge in [0, 0.05) is 31.9 Å². The van der Waals surface area contributed by atoms with Crippen LogP contribution in [-0.2, 0) is 9.59 Å². The molecule has 1 amide bonds. The van der Waals surface area contributed by atoms with Crippen molar-refractivity contribution < 1.29 is 14.7 Å². The fraction of sp³-hybridized carbons (Fsp3) is 0.800. The molecule has 2 rings (SSSR count). The second kappa shape index (κ2) is 5.70. The van der Waals surface area contributed by atoms with Gasteiger partial charge < -0.3 is 15.3 Å². The number of aliphatic carboxylic acids is 1. The number of nitrogens with zero attached hydrogens (tertiary/aromatic N) is 2. The van der Waals surface area contributed by atoms with E-state index in [9.17, 15) is 9.59 Å². The van der Waals surface area contributed by atoms with E-state index in [0.717, 1.165) is 26.2 Å². The highest BCUT2D eigenvalue weighted by Gasteiger charge is 2.34. The second-order valence-corrected chi connectivity index (χ2v) is 5.24. The van der Waals surface area contributed by atoms with E-state index in [1.807, 2.05) is 0 Å². The van der Waals surface area contributed by atoms with Gasteiger partial charge in [-0.1, -0.05) is 0 Å². The first-order chi connectivity index (χ1) is 8.18. The Morgan fingerprint density at radius 1 is 1.35 bits per heavy atom. The molecular weight excluding hydrogens is 242 g/mol. The van der Waals surface area contributed by atoms with Gasteiger partial charge in [0.25, 0.3) is 0 Å². The van der Waals surface area contributed by atoms with Crippen molar-refractivity contribution in [2.24, 2.45) is 0 Å². The van der Waals surface area contributed by atoms with Gasteiger partial charge in [-0.05, 0) is 0 Å². The standard InChI is InChI=1S/C10H17N3O3S/c14-9(5-12-3-1-11-2-4-12)13-7-17-6-8(13)10(15)16/h8,11H,1-7H2,(H,15,16)/t8-/m0/s1. The molecule has 2 saturated heterocycles. The van der Waals surface area contributed by atoms with Crippen LogP contribution in [0, 0.1) is 0 Å². The number of carboxylic acid groups (broad SMARTS) is 1. The van der Waals surface area contributed by atoms with Gasteiger partial charge in [-0.15, -0.1) is 11.8 Å². The molecular formula is C10H17N3O3S. The maximum Gasteiger partial charge on any atom is 0.327 e. The highest BCUT2D eigenvalue weighted by atomic mass is 32.2. The number of rotatable bonds is 3. The molecule has 1 atom stereocenters. The molecule has 0 unspecified atom stereocenters. The maximum absolute atomic E-state index is 12.0. The molecule has 0 aromatic heterocycles. The summed E-state index contributed by atoms with van der Waals surface area (Å²) in [7, 11) is 0. The lowest BCUT2D eigenvalue weighted by Crippen LogP contribution is -2.50. The zero-order valence-electron chi connectivity index (χ0n) is 9.59. The van der Waals surface area contributed by atoms with Crippen LogP contribution in [0.4, 0.5) is 0 Å². The number of amides is 1. The maximum atomic E-state index is 12.0.